The average molecular weight is 572 g/mol. The van der Waals surface area contributed by atoms with Gasteiger partial charge in [-0.1, -0.05) is 75.4 Å². The largest absolute Gasteiger partial charge is 0.465 e. The van der Waals surface area contributed by atoms with E-state index in [-0.39, 0.29) is 38.4 Å². The van der Waals surface area contributed by atoms with E-state index in [9.17, 15) is 18.9 Å². The molecule has 1 saturated heterocycles. The number of ether oxygens (including phenoxy) is 2. The molecule has 0 spiro atoms. The maximum atomic E-state index is 13.4. The van der Waals surface area contributed by atoms with Gasteiger partial charge in [-0.15, -0.1) is 0 Å². The molecular formula is C30H38NO8P. The summed E-state index contributed by atoms with van der Waals surface area (Å²) in [7, 11) is -3.76. The summed E-state index contributed by atoms with van der Waals surface area (Å²) in [5.74, 6) is -2.14. The van der Waals surface area contributed by atoms with Crippen LogP contribution < -0.4 is 5.32 Å². The molecule has 1 fully saturated rings. The first-order valence-electron chi connectivity index (χ1n) is 13.7. The zero-order valence-electron chi connectivity index (χ0n) is 23.3. The number of benzene rings is 2. The van der Waals surface area contributed by atoms with Gasteiger partial charge in [0, 0.05) is 31.2 Å². The maximum absolute atomic E-state index is 13.4. The molecule has 40 heavy (non-hydrogen) atoms. The molecule has 1 unspecified atom stereocenters. The molecule has 0 aromatic heterocycles. The number of fused-ring (bicyclic) bond motifs is 1. The van der Waals surface area contributed by atoms with Gasteiger partial charge in [0.2, 0.25) is 5.91 Å². The van der Waals surface area contributed by atoms with E-state index in [1.165, 1.54) is 11.1 Å². The molecule has 0 radical (unpaired) electrons. The van der Waals surface area contributed by atoms with Gasteiger partial charge in [-0.25, -0.2) is 0 Å². The Morgan fingerprint density at radius 3 is 2.38 bits per heavy atom. The molecule has 10 heteroatoms. The maximum Gasteiger partial charge on any atom is 0.332 e. The molecule has 1 aliphatic carbocycles. The summed E-state index contributed by atoms with van der Waals surface area (Å²) in [5.41, 5.74) is 2.65. The summed E-state index contributed by atoms with van der Waals surface area (Å²) in [5, 5.41) is 2.71. The van der Waals surface area contributed by atoms with Gasteiger partial charge in [-0.05, 0) is 16.7 Å². The molecule has 9 nitrogen and oxygen atoms in total. The minimum absolute atomic E-state index is 0.00571. The molecule has 216 valence electrons. The fraction of sp³-hybridized carbons (Fsp3) is 0.500. The number of hydrogen-bond donors (Lipinski definition) is 1. The highest BCUT2D eigenvalue weighted by atomic mass is 31.2. The van der Waals surface area contributed by atoms with Crippen molar-refractivity contribution >= 4 is 25.4 Å². The minimum atomic E-state index is -3.76. The van der Waals surface area contributed by atoms with E-state index < -0.39 is 42.9 Å². The Morgan fingerprint density at radius 2 is 1.70 bits per heavy atom. The van der Waals surface area contributed by atoms with Crippen molar-refractivity contribution in [2.45, 2.75) is 58.7 Å². The zero-order chi connectivity index (χ0) is 28.8. The Balaban J connectivity index is 1.22. The molecule has 2 aromatic carbocycles. The van der Waals surface area contributed by atoms with Crippen molar-refractivity contribution in [3.8, 4) is 0 Å². The monoisotopic (exact) mass is 571 g/mol. The second-order valence-corrected chi connectivity index (χ2v) is 13.2. The van der Waals surface area contributed by atoms with Crippen LogP contribution in [0.2, 0.25) is 0 Å². The summed E-state index contributed by atoms with van der Waals surface area (Å²) >= 11 is 0. The van der Waals surface area contributed by atoms with E-state index in [2.05, 4.69) is 5.32 Å². The number of carbonyl (C=O) groups excluding carboxylic acids is 3. The third-order valence-corrected chi connectivity index (χ3v) is 9.21. The molecule has 1 N–H and O–H groups in total. The molecule has 0 bridgehead atoms. The number of carbonyl (C=O) groups is 3. The molecule has 4 rings (SSSR count). The Kier molecular flexibility index (Phi) is 9.82. The molecule has 0 saturated carbocycles. The normalized spacial score (nSPS) is 22.6. The van der Waals surface area contributed by atoms with Crippen LogP contribution in [0.5, 0.6) is 0 Å². The van der Waals surface area contributed by atoms with Gasteiger partial charge in [-0.3, -0.25) is 23.5 Å². The van der Waals surface area contributed by atoms with Crippen LogP contribution in [0.15, 0.2) is 54.6 Å². The molecule has 1 heterocycles. The Labute approximate surface area is 235 Å². The van der Waals surface area contributed by atoms with Gasteiger partial charge in [0.15, 0.2) is 6.10 Å². The van der Waals surface area contributed by atoms with Crippen molar-refractivity contribution < 1.29 is 37.5 Å². The topological polar surface area (TPSA) is 117 Å². The van der Waals surface area contributed by atoms with E-state index in [1.54, 1.807) is 20.8 Å². The van der Waals surface area contributed by atoms with Gasteiger partial charge < -0.3 is 19.3 Å². The summed E-state index contributed by atoms with van der Waals surface area (Å²) in [6.45, 7) is 5.42. The lowest BCUT2D eigenvalue weighted by molar-refractivity contribution is -0.149. The first kappa shape index (κ1) is 30.0. The van der Waals surface area contributed by atoms with Gasteiger partial charge in [-0.2, -0.15) is 0 Å². The third kappa shape index (κ3) is 8.03. The van der Waals surface area contributed by atoms with Crippen molar-refractivity contribution in [2.75, 3.05) is 25.9 Å². The van der Waals surface area contributed by atoms with Crippen molar-refractivity contribution in [3.05, 3.63) is 71.3 Å². The fourth-order valence-electron chi connectivity index (χ4n) is 4.87. The predicted molar refractivity (Wildman–Crippen MR) is 149 cm³/mol. The number of amides is 1. The highest BCUT2D eigenvalue weighted by Gasteiger charge is 2.48. The van der Waals surface area contributed by atoms with E-state index in [4.69, 9.17) is 18.5 Å². The van der Waals surface area contributed by atoms with Crippen LogP contribution in [0.4, 0.5) is 0 Å². The van der Waals surface area contributed by atoms with Crippen LogP contribution in [-0.2, 0) is 56.7 Å². The van der Waals surface area contributed by atoms with Crippen molar-refractivity contribution in [1.82, 2.24) is 5.32 Å². The molecule has 3 atom stereocenters. The molecule has 2 aromatic rings. The number of hydrogen-bond acceptors (Lipinski definition) is 8. The first-order chi connectivity index (χ1) is 19.0. The average Bonchev–Trinajstić information content (AvgIpc) is 3.33. The predicted octanol–water partition coefficient (Wildman–Crippen LogP) is 4.26. The smallest absolute Gasteiger partial charge is 0.332 e. The van der Waals surface area contributed by atoms with Gasteiger partial charge in [0.05, 0.1) is 31.7 Å². The lowest BCUT2D eigenvalue weighted by atomic mass is 9.87. The summed E-state index contributed by atoms with van der Waals surface area (Å²) in [6, 6.07) is 17.7. The van der Waals surface area contributed by atoms with Crippen LogP contribution in [0, 0.1) is 11.3 Å². The van der Waals surface area contributed by atoms with Crippen molar-refractivity contribution in [2.24, 2.45) is 11.3 Å². The number of esters is 2. The van der Waals surface area contributed by atoms with Crippen LogP contribution in [0.25, 0.3) is 0 Å². The molecular weight excluding hydrogens is 533 g/mol. The Bertz CT molecular complexity index is 1220. The Hall–Kier alpha value is -3.00. The standard InChI is InChI=1S/C30H38NO8P/c1-21(29(34)36-16-14-22-9-5-4-6-10-22)19-40(35)37-20-30(2,3)27(39-40)28(33)31-15-13-26(32)38-25-17-23-11-7-8-12-24(23)18-25/h4-12,21,25,27H,13-20H2,1-3H3,(H,31,33)/t21-,27+,40?/m1/s1. The zero-order valence-corrected chi connectivity index (χ0v) is 24.2. The van der Waals surface area contributed by atoms with Crippen molar-refractivity contribution in [3.63, 3.8) is 0 Å². The minimum Gasteiger partial charge on any atom is -0.465 e. The molecule has 2 aliphatic rings. The third-order valence-electron chi connectivity index (χ3n) is 7.16. The van der Waals surface area contributed by atoms with Crippen LogP contribution in [0.3, 0.4) is 0 Å². The molecule has 1 amide bonds. The van der Waals surface area contributed by atoms with Crippen LogP contribution in [-0.4, -0.2) is 56.0 Å². The second kappa shape index (κ2) is 13.1. The SMILES string of the molecule is C[C@H](CP1(=O)OCC(C)(C)[C@H](C(=O)NCCC(=O)OC2Cc3ccccc3C2)O1)C(=O)OCCc1ccccc1. The van der Waals surface area contributed by atoms with Gasteiger partial charge in [0.1, 0.15) is 6.10 Å². The number of rotatable bonds is 11. The lowest BCUT2D eigenvalue weighted by Crippen LogP contribution is -2.50. The lowest BCUT2D eigenvalue weighted by Gasteiger charge is -2.40. The van der Waals surface area contributed by atoms with E-state index in [0.717, 1.165) is 5.56 Å². The van der Waals surface area contributed by atoms with Gasteiger partial charge >= 0.3 is 19.5 Å². The quantitative estimate of drug-likeness (QED) is 0.314. The summed E-state index contributed by atoms with van der Waals surface area (Å²) in [4.78, 5) is 37.9. The van der Waals surface area contributed by atoms with Crippen LogP contribution >= 0.6 is 7.60 Å². The van der Waals surface area contributed by atoms with Gasteiger partial charge in [0.25, 0.3) is 0 Å². The molecule has 1 aliphatic heterocycles. The van der Waals surface area contributed by atoms with E-state index in [1.807, 2.05) is 54.6 Å². The van der Waals surface area contributed by atoms with E-state index >= 15 is 0 Å². The summed E-state index contributed by atoms with van der Waals surface area (Å²) < 4.78 is 35.7. The number of nitrogens with one attached hydrogen (secondary N) is 1. The second-order valence-electron chi connectivity index (χ2n) is 11.2. The highest BCUT2D eigenvalue weighted by molar-refractivity contribution is 7.54. The van der Waals surface area contributed by atoms with E-state index in [0.29, 0.717) is 19.3 Å². The Morgan fingerprint density at radius 1 is 1.05 bits per heavy atom. The highest BCUT2D eigenvalue weighted by Crippen LogP contribution is 2.57. The van der Waals surface area contributed by atoms with Crippen molar-refractivity contribution in [1.29, 1.82) is 0 Å². The summed E-state index contributed by atoms with van der Waals surface area (Å²) in [6.07, 6.45) is 0.477. The fourth-order valence-corrected chi connectivity index (χ4v) is 7.17. The first-order valence-corrected chi connectivity index (χ1v) is 15.4. The van der Waals surface area contributed by atoms with Crippen LogP contribution in [0.1, 0.15) is 43.9 Å².